The lowest BCUT2D eigenvalue weighted by Crippen LogP contribution is -2.04. The van der Waals surface area contributed by atoms with Crippen molar-refractivity contribution in [2.75, 3.05) is 5.32 Å². The molecule has 0 amide bonds. The lowest BCUT2D eigenvalue weighted by atomic mass is 10.1. The number of aryl methyl sites for hydroxylation is 1. The molecule has 0 fully saturated rings. The summed E-state index contributed by atoms with van der Waals surface area (Å²) in [5.74, 6) is 1.45. The van der Waals surface area contributed by atoms with Gasteiger partial charge in [0.25, 0.3) is 5.69 Å². The average Bonchev–Trinajstić information content (AvgIpc) is 3.08. The molecule has 116 valence electrons. The summed E-state index contributed by atoms with van der Waals surface area (Å²) in [6.07, 6.45) is 4.75. The van der Waals surface area contributed by atoms with Crippen molar-refractivity contribution < 1.29 is 4.92 Å². The molecule has 7 heteroatoms. The van der Waals surface area contributed by atoms with Gasteiger partial charge < -0.3 is 10.3 Å². The molecule has 23 heavy (non-hydrogen) atoms. The molecule has 0 unspecified atom stereocenters. The van der Waals surface area contributed by atoms with Crippen LogP contribution in [0.25, 0.3) is 11.4 Å². The van der Waals surface area contributed by atoms with Gasteiger partial charge >= 0.3 is 0 Å². The molecule has 0 saturated heterocycles. The molecular weight excluding hydrogens is 294 g/mol. The number of imidazole rings is 1. The first-order valence-corrected chi connectivity index (χ1v) is 7.07. The fraction of sp³-hybridized carbons (Fsp3) is 0.125. The Kier molecular flexibility index (Phi) is 4.01. The van der Waals surface area contributed by atoms with Crippen LogP contribution in [0, 0.1) is 17.0 Å². The SMILES string of the molecule is Cc1cc([N+](=O)[O-])cnc1NCc1cccc(-c2ncc[nH]2)c1. The van der Waals surface area contributed by atoms with Crippen molar-refractivity contribution in [3.05, 3.63) is 70.2 Å². The molecular formula is C16H15N5O2. The summed E-state index contributed by atoms with van der Waals surface area (Å²) in [5, 5.41) is 13.9. The number of rotatable bonds is 5. The highest BCUT2D eigenvalue weighted by molar-refractivity contribution is 5.56. The van der Waals surface area contributed by atoms with E-state index in [1.807, 2.05) is 24.3 Å². The maximum absolute atomic E-state index is 10.7. The summed E-state index contributed by atoms with van der Waals surface area (Å²) >= 11 is 0. The van der Waals surface area contributed by atoms with Gasteiger partial charge in [-0.15, -0.1) is 0 Å². The molecule has 0 aliphatic rings. The van der Waals surface area contributed by atoms with E-state index in [2.05, 4.69) is 20.3 Å². The van der Waals surface area contributed by atoms with Crippen LogP contribution in [0.1, 0.15) is 11.1 Å². The minimum atomic E-state index is -0.448. The van der Waals surface area contributed by atoms with Gasteiger partial charge in [-0.3, -0.25) is 10.1 Å². The highest BCUT2D eigenvalue weighted by atomic mass is 16.6. The number of nitrogens with zero attached hydrogens (tertiary/aromatic N) is 3. The minimum Gasteiger partial charge on any atom is -0.366 e. The van der Waals surface area contributed by atoms with Crippen molar-refractivity contribution in [1.29, 1.82) is 0 Å². The monoisotopic (exact) mass is 309 g/mol. The van der Waals surface area contributed by atoms with Gasteiger partial charge in [0.15, 0.2) is 0 Å². The van der Waals surface area contributed by atoms with E-state index < -0.39 is 4.92 Å². The van der Waals surface area contributed by atoms with Crippen LogP contribution in [0.15, 0.2) is 48.9 Å². The van der Waals surface area contributed by atoms with Crippen LogP contribution in [0.5, 0.6) is 0 Å². The number of aromatic amines is 1. The molecule has 0 spiro atoms. The van der Waals surface area contributed by atoms with E-state index in [4.69, 9.17) is 0 Å². The Labute approximate surface area is 132 Å². The third-order valence-electron chi connectivity index (χ3n) is 3.43. The van der Waals surface area contributed by atoms with Crippen molar-refractivity contribution in [1.82, 2.24) is 15.0 Å². The van der Waals surface area contributed by atoms with Gasteiger partial charge in [-0.1, -0.05) is 18.2 Å². The first-order valence-electron chi connectivity index (χ1n) is 7.07. The van der Waals surface area contributed by atoms with Crippen LogP contribution < -0.4 is 5.32 Å². The van der Waals surface area contributed by atoms with Crippen LogP contribution in [0.3, 0.4) is 0 Å². The topological polar surface area (TPSA) is 96.7 Å². The zero-order valence-electron chi connectivity index (χ0n) is 12.5. The van der Waals surface area contributed by atoms with E-state index in [1.165, 1.54) is 12.3 Å². The third kappa shape index (κ3) is 3.34. The molecule has 0 saturated carbocycles. The number of hydrogen-bond acceptors (Lipinski definition) is 5. The number of hydrogen-bond donors (Lipinski definition) is 2. The number of H-pyrrole nitrogens is 1. The normalized spacial score (nSPS) is 10.5. The van der Waals surface area contributed by atoms with Crippen molar-refractivity contribution >= 4 is 11.5 Å². The van der Waals surface area contributed by atoms with Crippen LogP contribution in [-0.2, 0) is 6.54 Å². The fourth-order valence-electron chi connectivity index (χ4n) is 2.28. The van der Waals surface area contributed by atoms with Crippen LogP contribution >= 0.6 is 0 Å². The highest BCUT2D eigenvalue weighted by Crippen LogP contribution is 2.20. The Morgan fingerprint density at radius 1 is 1.30 bits per heavy atom. The highest BCUT2D eigenvalue weighted by Gasteiger charge is 2.09. The Balaban J connectivity index is 1.74. The summed E-state index contributed by atoms with van der Waals surface area (Å²) in [6.45, 7) is 2.36. The number of pyridine rings is 1. The van der Waals surface area contributed by atoms with Crippen molar-refractivity contribution in [3.63, 3.8) is 0 Å². The van der Waals surface area contributed by atoms with Gasteiger partial charge in [-0.05, 0) is 24.1 Å². The maximum atomic E-state index is 10.7. The summed E-state index contributed by atoms with van der Waals surface area (Å²) < 4.78 is 0. The summed E-state index contributed by atoms with van der Waals surface area (Å²) in [4.78, 5) is 21.7. The number of nitrogens with one attached hydrogen (secondary N) is 2. The second-order valence-corrected chi connectivity index (χ2v) is 5.11. The first kappa shape index (κ1) is 14.7. The molecule has 0 aliphatic carbocycles. The van der Waals surface area contributed by atoms with Crippen molar-refractivity contribution in [3.8, 4) is 11.4 Å². The number of benzene rings is 1. The fourth-order valence-corrected chi connectivity index (χ4v) is 2.28. The van der Waals surface area contributed by atoms with Crippen molar-refractivity contribution in [2.24, 2.45) is 0 Å². The molecule has 0 bridgehead atoms. The predicted octanol–water partition coefficient (Wildman–Crippen LogP) is 3.30. The Morgan fingerprint density at radius 3 is 2.87 bits per heavy atom. The zero-order valence-corrected chi connectivity index (χ0v) is 12.5. The molecule has 0 aliphatic heterocycles. The Bertz CT molecular complexity index is 830. The number of aromatic nitrogens is 3. The van der Waals surface area contributed by atoms with E-state index in [0.717, 1.165) is 22.5 Å². The molecule has 1 aromatic carbocycles. The lowest BCUT2D eigenvalue weighted by Gasteiger charge is -2.09. The van der Waals surface area contributed by atoms with Crippen LogP contribution in [0.4, 0.5) is 11.5 Å². The van der Waals surface area contributed by atoms with E-state index >= 15 is 0 Å². The Hall–Kier alpha value is -3.22. The quantitative estimate of drug-likeness (QED) is 0.556. The molecule has 3 rings (SSSR count). The van der Waals surface area contributed by atoms with E-state index in [1.54, 1.807) is 19.3 Å². The van der Waals surface area contributed by atoms with Gasteiger partial charge in [0.05, 0.1) is 4.92 Å². The van der Waals surface area contributed by atoms with Gasteiger partial charge in [-0.25, -0.2) is 9.97 Å². The number of anilines is 1. The maximum Gasteiger partial charge on any atom is 0.287 e. The largest absolute Gasteiger partial charge is 0.366 e. The first-order chi connectivity index (χ1) is 11.1. The summed E-state index contributed by atoms with van der Waals surface area (Å²) in [6, 6.07) is 9.49. The third-order valence-corrected chi connectivity index (χ3v) is 3.43. The number of nitro groups is 1. The van der Waals surface area contributed by atoms with Gasteiger partial charge in [0.1, 0.15) is 17.8 Å². The molecule has 7 nitrogen and oxygen atoms in total. The second kappa shape index (κ2) is 6.27. The van der Waals surface area contributed by atoms with Gasteiger partial charge in [0.2, 0.25) is 0 Å². The minimum absolute atomic E-state index is 0.00660. The van der Waals surface area contributed by atoms with Crippen LogP contribution in [-0.4, -0.2) is 19.9 Å². The standard InChI is InChI=1S/C16H15N5O2/c1-11-7-14(21(22)23)10-20-15(11)19-9-12-3-2-4-13(8-12)16-17-5-6-18-16/h2-8,10H,9H2,1H3,(H,17,18)(H,19,20). The molecule has 2 aromatic heterocycles. The van der Waals surface area contributed by atoms with Crippen LogP contribution in [0.2, 0.25) is 0 Å². The molecule has 3 aromatic rings. The van der Waals surface area contributed by atoms with E-state index in [-0.39, 0.29) is 5.69 Å². The smallest absolute Gasteiger partial charge is 0.287 e. The summed E-state index contributed by atoms with van der Waals surface area (Å²) in [7, 11) is 0. The van der Waals surface area contributed by atoms with Gasteiger partial charge in [0, 0.05) is 30.6 Å². The predicted molar refractivity (Wildman–Crippen MR) is 87.0 cm³/mol. The second-order valence-electron chi connectivity index (χ2n) is 5.11. The van der Waals surface area contributed by atoms with Gasteiger partial charge in [-0.2, -0.15) is 0 Å². The lowest BCUT2D eigenvalue weighted by molar-refractivity contribution is -0.385. The molecule has 2 heterocycles. The van der Waals surface area contributed by atoms with E-state index in [0.29, 0.717) is 12.4 Å². The van der Waals surface area contributed by atoms with Crippen molar-refractivity contribution in [2.45, 2.75) is 13.5 Å². The molecule has 0 radical (unpaired) electrons. The zero-order chi connectivity index (χ0) is 16.2. The average molecular weight is 309 g/mol. The van der Waals surface area contributed by atoms with E-state index in [9.17, 15) is 10.1 Å². The summed E-state index contributed by atoms with van der Waals surface area (Å²) in [5.41, 5.74) is 2.80. The molecule has 0 atom stereocenters. The Morgan fingerprint density at radius 2 is 2.17 bits per heavy atom. The molecule has 2 N–H and O–H groups in total.